The van der Waals surface area contributed by atoms with Gasteiger partial charge in [-0.2, -0.15) is 0 Å². The van der Waals surface area contributed by atoms with E-state index in [2.05, 4.69) is 29.8 Å². The van der Waals surface area contributed by atoms with E-state index in [1.54, 1.807) is 0 Å². The van der Waals surface area contributed by atoms with Crippen molar-refractivity contribution in [2.24, 2.45) is 5.73 Å². The summed E-state index contributed by atoms with van der Waals surface area (Å²) in [5.41, 5.74) is 7.90. The smallest absolute Gasteiger partial charge is 0.165 e. The van der Waals surface area contributed by atoms with Crippen LogP contribution in [-0.4, -0.2) is 24.9 Å². The van der Waals surface area contributed by atoms with Gasteiger partial charge in [0.1, 0.15) is 13.2 Å². The van der Waals surface area contributed by atoms with Crippen molar-refractivity contribution in [3.8, 4) is 11.5 Å². The predicted molar refractivity (Wildman–Crippen MR) is 73.2 cm³/mol. The average Bonchev–Trinajstić information content (AvgIpc) is 2.35. The van der Waals surface area contributed by atoms with Gasteiger partial charge in [0.05, 0.1) is 12.6 Å². The van der Waals surface area contributed by atoms with E-state index in [0.717, 1.165) is 27.1 Å². The van der Waals surface area contributed by atoms with Gasteiger partial charge in [-0.05, 0) is 17.5 Å². The fourth-order valence-electron chi connectivity index (χ4n) is 2.23. The highest BCUT2D eigenvalue weighted by Crippen LogP contribution is 2.45. The van der Waals surface area contributed by atoms with Crippen molar-refractivity contribution >= 4 is 15.9 Å². The monoisotopic (exact) mass is 315 g/mol. The lowest BCUT2D eigenvalue weighted by Gasteiger charge is -2.27. The first-order valence-electron chi connectivity index (χ1n) is 6.04. The lowest BCUT2D eigenvalue weighted by Crippen LogP contribution is -2.22. The van der Waals surface area contributed by atoms with Crippen LogP contribution < -0.4 is 15.2 Å². The number of ether oxygens (including phenoxy) is 2. The van der Waals surface area contributed by atoms with Gasteiger partial charge in [0.25, 0.3) is 0 Å². The summed E-state index contributed by atoms with van der Waals surface area (Å²) >= 11 is 3.51. The minimum atomic E-state index is -0.424. The first kappa shape index (κ1) is 13.6. The van der Waals surface area contributed by atoms with Gasteiger partial charge in [0.15, 0.2) is 11.5 Å². The Morgan fingerprint density at radius 2 is 2.00 bits per heavy atom. The van der Waals surface area contributed by atoms with Crippen molar-refractivity contribution < 1.29 is 14.6 Å². The molecule has 1 unspecified atom stereocenters. The molecule has 0 radical (unpaired) electrons. The number of aliphatic hydroxyl groups excluding tert-OH is 1. The molecule has 0 fully saturated rings. The molecular weight excluding hydrogens is 298 g/mol. The molecule has 18 heavy (non-hydrogen) atoms. The molecule has 0 amide bonds. The van der Waals surface area contributed by atoms with E-state index in [4.69, 9.17) is 15.2 Å². The molecule has 3 N–H and O–H groups in total. The fourth-order valence-corrected chi connectivity index (χ4v) is 2.95. The summed E-state index contributed by atoms with van der Waals surface area (Å²) in [7, 11) is 0. The fraction of sp³-hybridized carbons (Fsp3) is 0.538. The molecular formula is C13H18BrNO3. The first-order chi connectivity index (χ1) is 8.56. The number of hydrogen-bond donors (Lipinski definition) is 2. The molecule has 0 aromatic heterocycles. The topological polar surface area (TPSA) is 64.7 Å². The molecule has 0 bridgehead atoms. The molecule has 0 aliphatic carbocycles. The molecule has 2 rings (SSSR count). The van der Waals surface area contributed by atoms with Gasteiger partial charge in [-0.25, -0.2) is 0 Å². The van der Waals surface area contributed by atoms with Gasteiger partial charge in [0, 0.05) is 10.0 Å². The van der Waals surface area contributed by atoms with Gasteiger partial charge in [0.2, 0.25) is 0 Å². The SMILES string of the molecule is CC(C)c1c2c(cc(Br)c1C(N)CO)OCCO2. The summed E-state index contributed by atoms with van der Waals surface area (Å²) in [5.74, 6) is 1.75. The zero-order valence-corrected chi connectivity index (χ0v) is 12.2. The van der Waals surface area contributed by atoms with E-state index in [0.29, 0.717) is 13.2 Å². The van der Waals surface area contributed by atoms with Crippen molar-refractivity contribution in [2.75, 3.05) is 19.8 Å². The Labute approximate surface area is 115 Å². The zero-order valence-electron chi connectivity index (χ0n) is 10.6. The maximum absolute atomic E-state index is 9.31. The molecule has 1 aliphatic heterocycles. The second-order valence-corrected chi connectivity index (χ2v) is 5.51. The van der Waals surface area contributed by atoms with Crippen molar-refractivity contribution in [1.82, 2.24) is 0 Å². The summed E-state index contributed by atoms with van der Waals surface area (Å²) < 4.78 is 12.2. The van der Waals surface area contributed by atoms with Crippen LogP contribution in [0.3, 0.4) is 0 Å². The molecule has 1 heterocycles. The van der Waals surface area contributed by atoms with Crippen LogP contribution in [0, 0.1) is 0 Å². The van der Waals surface area contributed by atoms with Crippen LogP contribution in [0.2, 0.25) is 0 Å². The number of benzene rings is 1. The summed E-state index contributed by atoms with van der Waals surface area (Å²) in [6.45, 7) is 5.16. The van der Waals surface area contributed by atoms with Crippen molar-refractivity contribution in [3.05, 3.63) is 21.7 Å². The van der Waals surface area contributed by atoms with Gasteiger partial charge in [-0.3, -0.25) is 0 Å². The van der Waals surface area contributed by atoms with Crippen molar-refractivity contribution in [2.45, 2.75) is 25.8 Å². The molecule has 1 aromatic rings. The molecule has 0 saturated heterocycles. The van der Waals surface area contributed by atoms with E-state index < -0.39 is 6.04 Å². The second kappa shape index (κ2) is 5.47. The highest BCUT2D eigenvalue weighted by Gasteiger charge is 2.26. The third-order valence-corrected chi connectivity index (χ3v) is 3.66. The van der Waals surface area contributed by atoms with Crippen LogP contribution in [0.15, 0.2) is 10.5 Å². The van der Waals surface area contributed by atoms with E-state index >= 15 is 0 Å². The summed E-state index contributed by atoms with van der Waals surface area (Å²) in [6, 6.07) is 1.44. The lowest BCUT2D eigenvalue weighted by atomic mass is 9.91. The Kier molecular flexibility index (Phi) is 4.14. The standard InChI is InChI=1S/C13H18BrNO3/c1-7(2)11-12(9(15)6-16)8(14)5-10-13(11)18-4-3-17-10/h5,7,9,16H,3-4,6,15H2,1-2H3. The summed E-state index contributed by atoms with van der Waals surface area (Å²) in [6.07, 6.45) is 0. The maximum Gasteiger partial charge on any atom is 0.165 e. The highest BCUT2D eigenvalue weighted by atomic mass is 79.9. The van der Waals surface area contributed by atoms with Crippen molar-refractivity contribution in [1.29, 1.82) is 0 Å². The largest absolute Gasteiger partial charge is 0.486 e. The van der Waals surface area contributed by atoms with Crippen molar-refractivity contribution in [3.63, 3.8) is 0 Å². The Bertz CT molecular complexity index is 448. The van der Waals surface area contributed by atoms with E-state index in [9.17, 15) is 5.11 Å². The third-order valence-electron chi connectivity index (χ3n) is 3.01. The molecule has 1 aliphatic rings. The van der Waals surface area contributed by atoms with E-state index in [-0.39, 0.29) is 12.5 Å². The van der Waals surface area contributed by atoms with E-state index in [1.807, 2.05) is 6.07 Å². The molecule has 1 atom stereocenters. The normalized spacial score (nSPS) is 15.9. The average molecular weight is 316 g/mol. The van der Waals surface area contributed by atoms with E-state index in [1.165, 1.54) is 0 Å². The molecule has 0 spiro atoms. The predicted octanol–water partition coefficient (Wildman–Crippen LogP) is 2.34. The lowest BCUT2D eigenvalue weighted by molar-refractivity contribution is 0.168. The first-order valence-corrected chi connectivity index (χ1v) is 6.83. The minimum Gasteiger partial charge on any atom is -0.486 e. The minimum absolute atomic E-state index is 0.0992. The third kappa shape index (κ3) is 2.35. The highest BCUT2D eigenvalue weighted by molar-refractivity contribution is 9.10. The van der Waals surface area contributed by atoms with Crippen LogP contribution >= 0.6 is 15.9 Å². The Morgan fingerprint density at radius 3 is 2.61 bits per heavy atom. The van der Waals surface area contributed by atoms with Gasteiger partial charge in [-0.1, -0.05) is 29.8 Å². The van der Waals surface area contributed by atoms with Gasteiger partial charge >= 0.3 is 0 Å². The Morgan fingerprint density at radius 1 is 1.33 bits per heavy atom. The zero-order chi connectivity index (χ0) is 13.3. The van der Waals surface area contributed by atoms with Crippen LogP contribution in [0.4, 0.5) is 0 Å². The van der Waals surface area contributed by atoms with Crippen LogP contribution in [0.1, 0.15) is 36.9 Å². The molecule has 5 heteroatoms. The number of aliphatic hydroxyl groups is 1. The van der Waals surface area contributed by atoms with Crippen LogP contribution in [-0.2, 0) is 0 Å². The quantitative estimate of drug-likeness (QED) is 0.898. The number of hydrogen-bond acceptors (Lipinski definition) is 4. The van der Waals surface area contributed by atoms with Gasteiger partial charge < -0.3 is 20.3 Å². The molecule has 0 saturated carbocycles. The number of rotatable bonds is 3. The molecule has 1 aromatic carbocycles. The number of halogens is 1. The van der Waals surface area contributed by atoms with Crippen LogP contribution in [0.5, 0.6) is 11.5 Å². The number of fused-ring (bicyclic) bond motifs is 1. The Hall–Kier alpha value is -0.780. The van der Waals surface area contributed by atoms with Gasteiger partial charge in [-0.15, -0.1) is 0 Å². The van der Waals surface area contributed by atoms with Crippen LogP contribution in [0.25, 0.3) is 0 Å². The number of nitrogens with two attached hydrogens (primary N) is 1. The summed E-state index contributed by atoms with van der Waals surface area (Å²) in [5, 5.41) is 9.31. The maximum atomic E-state index is 9.31. The molecule has 100 valence electrons. The second-order valence-electron chi connectivity index (χ2n) is 4.65. The molecule has 4 nitrogen and oxygen atoms in total. The summed E-state index contributed by atoms with van der Waals surface area (Å²) in [4.78, 5) is 0. The Balaban J connectivity index is 2.64.